The predicted octanol–water partition coefficient (Wildman–Crippen LogP) is 19.2. The van der Waals surface area contributed by atoms with E-state index in [2.05, 4.69) is 122 Å². The van der Waals surface area contributed by atoms with Crippen molar-refractivity contribution >= 4 is 157 Å². The number of phenolic OH excluding ortho intramolecular Hbond substituents is 5. The first-order valence-corrected chi connectivity index (χ1v) is 48.5. The number of ketones is 5. The van der Waals surface area contributed by atoms with Crippen LogP contribution in [0.2, 0.25) is 0 Å². The van der Waals surface area contributed by atoms with E-state index in [1.165, 1.54) is 36.4 Å². The van der Waals surface area contributed by atoms with Crippen molar-refractivity contribution in [2.24, 2.45) is 32.5 Å². The maximum atomic E-state index is 12.3. The van der Waals surface area contributed by atoms with Gasteiger partial charge in [-0.2, -0.15) is 0 Å². The first kappa shape index (κ1) is 86.3. The van der Waals surface area contributed by atoms with Crippen molar-refractivity contribution < 1.29 is 73.4 Å². The first-order valence-electron chi connectivity index (χ1n) is 23.8. The van der Waals surface area contributed by atoms with E-state index in [1.807, 2.05) is 46.5 Å². The molecule has 0 aromatic heterocycles. The van der Waals surface area contributed by atoms with Crippen LogP contribution >= 0.6 is 122 Å². The Balaban J connectivity index is -0.000000210. The standard InChI is InChI=1S/3C16H22O4.3C2H6.CH3I.5HI.2V/c1-15(2,3)13(19)9-7-10(12(18)8-11(9)17)14(20)16(4,5)6;1-15(2,3)13(18)11-8-7-10(9-12(11)17)20-14(19)16(4,5)6;1-15(2,3)13(19)9-7-8-10(17)11(12(9)18)14(20)16(4,5)6;4*1-2;;;;;;;/h7-8,17-18H,1-6H3;7-9,17H,1-6H3;7-8,17-18H,1-6H3;3*1-2H3;1H3;5*1H;;/q;;;;;;;;;;;;+2;+3/p-5. The molecule has 12 nitrogen and oxygen atoms in total. The van der Waals surface area contributed by atoms with Gasteiger partial charge in [-0.3, -0.25) is 28.8 Å². The molecule has 0 heterocycles. The number of halogens is 6. The molecule has 3 aromatic rings. The zero-order valence-electron chi connectivity index (χ0n) is 48.8. The predicted molar refractivity (Wildman–Crippen MR) is 356 cm³/mol. The Bertz CT molecular complexity index is 2160. The van der Waals surface area contributed by atoms with E-state index < -0.39 is 50.0 Å². The van der Waals surface area contributed by atoms with Crippen LogP contribution in [0.15, 0.2) is 42.5 Å². The topological polar surface area (TPSA) is 213 Å². The molecule has 20 heteroatoms. The number of rotatable bonds is 6. The summed E-state index contributed by atoms with van der Waals surface area (Å²) in [5, 5.41) is 49.7. The Morgan fingerprint density at radius 2 is 0.680 bits per heavy atom. The molecule has 0 radical (unpaired) electrons. The van der Waals surface area contributed by atoms with Crippen molar-refractivity contribution in [1.29, 1.82) is 0 Å². The van der Waals surface area contributed by atoms with Crippen LogP contribution < -0.4 is 4.74 Å². The molecule has 0 fully saturated rings. The van der Waals surface area contributed by atoms with Gasteiger partial charge in [-0.15, -0.1) is 0 Å². The van der Waals surface area contributed by atoms with E-state index in [9.17, 15) is 54.3 Å². The molecule has 0 amide bonds. The third-order valence-electron chi connectivity index (χ3n) is 8.67. The summed E-state index contributed by atoms with van der Waals surface area (Å²) in [6, 6.07) is 9.25. The first-order chi connectivity index (χ1) is 33.8. The SMILES string of the molecule is CC.CC.CC.CC(C)(C)C(=O)Oc1ccc(C(=O)C(C)(C)C)c(O)c1.CC(C)(C)C(=O)c1cc(C(=O)C(C)(C)C)c(O)cc1O.CC(C)(C)C(=O)c1ccc(O)c(C(=O)C(C)(C)C)c1O.CI.[I][V]([I])[I].[I][V][I]. The molecular formula is C55H87I6O12V2. The summed E-state index contributed by atoms with van der Waals surface area (Å²) in [5.41, 5.74) is -3.81. The number of aromatic hydroxyl groups is 5. The summed E-state index contributed by atoms with van der Waals surface area (Å²) < 4.78 is 5.17. The Kier molecular flexibility index (Phi) is 46.3. The second kappa shape index (κ2) is 40.3. The van der Waals surface area contributed by atoms with Crippen LogP contribution in [0.1, 0.15) is 218 Å². The monoisotopic (exact) mass is 1800 g/mol. The van der Waals surface area contributed by atoms with Crippen molar-refractivity contribution in [2.45, 2.75) is 166 Å². The number of esters is 1. The fraction of sp³-hybridized carbons (Fsp3) is 0.564. The van der Waals surface area contributed by atoms with Gasteiger partial charge in [-0.25, -0.2) is 0 Å². The molecule has 0 spiro atoms. The maximum absolute atomic E-state index is 12.3. The number of hydrogen-bond donors (Lipinski definition) is 5. The van der Waals surface area contributed by atoms with Crippen molar-refractivity contribution in [3.05, 3.63) is 70.3 Å². The molecule has 0 saturated carbocycles. The number of carbonyl (C=O) groups excluding carboxylic acids is 6. The van der Waals surface area contributed by atoms with Gasteiger partial charge in [-0.1, -0.05) is 168 Å². The van der Waals surface area contributed by atoms with Crippen molar-refractivity contribution in [3.63, 3.8) is 0 Å². The number of carbonyl (C=O) groups is 6. The molecule has 3 rings (SSSR count). The van der Waals surface area contributed by atoms with Gasteiger partial charge < -0.3 is 30.3 Å². The fourth-order valence-corrected chi connectivity index (χ4v) is 4.95. The number of phenols is 5. The molecule has 75 heavy (non-hydrogen) atoms. The average Bonchev–Trinajstić information content (AvgIpc) is 3.27. The molecule has 0 saturated heterocycles. The Labute approximate surface area is 531 Å². The minimum atomic E-state index is -0.766. The molecule has 431 valence electrons. The van der Waals surface area contributed by atoms with Crippen molar-refractivity contribution in [3.8, 4) is 34.5 Å². The summed E-state index contributed by atoms with van der Waals surface area (Å²) >= 11 is 14.3. The van der Waals surface area contributed by atoms with E-state index in [0.717, 1.165) is 6.07 Å². The van der Waals surface area contributed by atoms with Gasteiger partial charge in [-0.05, 0) is 56.0 Å². The summed E-state index contributed by atoms with van der Waals surface area (Å²) in [4.78, 5) is 74.7. The molecule has 0 aliphatic rings. The third-order valence-corrected chi connectivity index (χ3v) is 8.67. The molecule has 0 atom stereocenters. The van der Waals surface area contributed by atoms with Gasteiger partial charge in [0.15, 0.2) is 28.9 Å². The number of ether oxygens (including phenoxy) is 1. The van der Waals surface area contributed by atoms with Gasteiger partial charge >= 0.3 is 120 Å². The molecule has 0 bridgehead atoms. The summed E-state index contributed by atoms with van der Waals surface area (Å²) in [7, 11) is 0.628. The van der Waals surface area contributed by atoms with Gasteiger partial charge in [0, 0.05) is 39.2 Å². The third kappa shape index (κ3) is 34.2. The zero-order chi connectivity index (χ0) is 61.8. The summed E-state index contributed by atoms with van der Waals surface area (Å²) in [6.45, 7) is 43.2. The zero-order valence-corrected chi connectivity index (χ0v) is 64.5. The van der Waals surface area contributed by atoms with E-state index in [1.54, 1.807) is 125 Å². The van der Waals surface area contributed by atoms with Gasteiger partial charge in [0.2, 0.25) is 0 Å². The van der Waals surface area contributed by atoms with E-state index in [4.69, 9.17) is 4.74 Å². The average molecular weight is 1800 g/mol. The molecule has 3 aromatic carbocycles. The molecular weight excluding hydrogens is 1720 g/mol. The van der Waals surface area contributed by atoms with Crippen molar-refractivity contribution in [1.82, 2.24) is 0 Å². The van der Waals surface area contributed by atoms with Crippen LogP contribution in [0.3, 0.4) is 0 Å². The molecule has 0 unspecified atom stereocenters. The van der Waals surface area contributed by atoms with Gasteiger partial charge in [0.05, 0.1) is 27.7 Å². The minimum absolute atomic E-state index is 0.0582. The van der Waals surface area contributed by atoms with Crippen LogP contribution in [0.5, 0.6) is 34.5 Å². The van der Waals surface area contributed by atoms with E-state index in [0.29, 0.717) is 9.47 Å². The molecule has 0 aliphatic carbocycles. The molecule has 0 aliphatic heterocycles. The Morgan fingerprint density at radius 1 is 0.413 bits per heavy atom. The number of benzene rings is 3. The second-order valence-electron chi connectivity index (χ2n) is 21.2. The number of hydrogen-bond acceptors (Lipinski definition) is 12. The van der Waals surface area contributed by atoms with Crippen LogP contribution in [-0.4, -0.2) is 65.3 Å². The Morgan fingerprint density at radius 3 is 0.960 bits per heavy atom. The van der Waals surface area contributed by atoms with Crippen LogP contribution in [-0.2, 0) is 19.2 Å². The van der Waals surface area contributed by atoms with E-state index in [-0.39, 0.29) is 84.6 Å². The van der Waals surface area contributed by atoms with Crippen LogP contribution in [0, 0.1) is 32.5 Å². The van der Waals surface area contributed by atoms with Gasteiger partial charge in [0.1, 0.15) is 40.1 Å². The fourth-order valence-electron chi connectivity index (χ4n) is 4.95. The van der Waals surface area contributed by atoms with Crippen LogP contribution in [0.4, 0.5) is 0 Å². The van der Waals surface area contributed by atoms with E-state index >= 15 is 0 Å². The van der Waals surface area contributed by atoms with Crippen LogP contribution in [0.25, 0.3) is 0 Å². The quantitative estimate of drug-likeness (QED) is 0.0513. The number of Topliss-reactive ketones (excluding diaryl/α,β-unsaturated/α-hetero) is 5. The molecule has 5 N–H and O–H groups in total. The summed E-state index contributed by atoms with van der Waals surface area (Å²) in [6.07, 6.45) is 0. The number of alkyl halides is 1. The van der Waals surface area contributed by atoms with Gasteiger partial charge in [0.25, 0.3) is 0 Å². The summed E-state index contributed by atoms with van der Waals surface area (Å²) in [5.74, 6) is -3.13. The normalized spacial score (nSPS) is 10.8. The van der Waals surface area contributed by atoms with Crippen molar-refractivity contribution in [2.75, 3.05) is 4.93 Å². The Hall–Kier alpha value is 0.0288. The second-order valence-corrected chi connectivity index (χ2v) is 68.4.